The van der Waals surface area contributed by atoms with E-state index in [2.05, 4.69) is 19.2 Å². The molecule has 0 aromatic heterocycles. The van der Waals surface area contributed by atoms with E-state index in [4.69, 9.17) is 5.11 Å². The predicted molar refractivity (Wildman–Crippen MR) is 63.9 cm³/mol. The highest BCUT2D eigenvalue weighted by molar-refractivity contribution is 5.29. The quantitative estimate of drug-likeness (QED) is 0.806. The van der Waals surface area contributed by atoms with E-state index in [-0.39, 0.29) is 11.8 Å². The number of rotatable bonds is 5. The molecule has 0 aliphatic heterocycles. The van der Waals surface area contributed by atoms with Crippen LogP contribution in [0.3, 0.4) is 0 Å². The van der Waals surface area contributed by atoms with Gasteiger partial charge in [0.05, 0.1) is 0 Å². The minimum absolute atomic E-state index is 0.105. The Morgan fingerprint density at radius 1 is 1.31 bits per heavy atom. The molecule has 2 nitrogen and oxygen atoms in total. The maximum atomic E-state index is 13.1. The predicted octanol–water partition coefficient (Wildman–Crippen LogP) is 3.23. The number of nitrogens with one attached hydrogen (secondary N) is 1. The van der Waals surface area contributed by atoms with Crippen LogP contribution in [0.15, 0.2) is 18.2 Å². The molecular weight excluding hydrogens is 205 g/mol. The summed E-state index contributed by atoms with van der Waals surface area (Å²) in [6, 6.07) is 4.62. The normalized spacial score (nSPS) is 13.1. The molecule has 1 aromatic rings. The smallest absolute Gasteiger partial charge is 0.165 e. The maximum Gasteiger partial charge on any atom is 0.165 e. The average Bonchev–Trinajstić information content (AvgIpc) is 2.21. The van der Waals surface area contributed by atoms with Gasteiger partial charge in [0.2, 0.25) is 0 Å². The summed E-state index contributed by atoms with van der Waals surface area (Å²) in [5.74, 6) is -0.190. The third kappa shape index (κ3) is 3.81. The van der Waals surface area contributed by atoms with Gasteiger partial charge < -0.3 is 10.4 Å². The second-order valence-corrected chi connectivity index (χ2v) is 4.57. The number of hydrogen-bond acceptors (Lipinski definition) is 2. The summed E-state index contributed by atoms with van der Waals surface area (Å²) in [5, 5.41) is 12.4. The standard InChI is InChI=1S/C13H20FNO/c1-9(2)6-7-15-10(3)11-4-5-13(16)12(14)8-11/h4-5,8-10,15-16H,6-7H2,1-3H3/t10-/m0/s1. The van der Waals surface area contributed by atoms with Crippen molar-refractivity contribution in [1.82, 2.24) is 5.32 Å². The summed E-state index contributed by atoms with van der Waals surface area (Å²) in [5.41, 5.74) is 0.860. The van der Waals surface area contributed by atoms with Gasteiger partial charge in [-0.25, -0.2) is 4.39 Å². The molecule has 0 heterocycles. The highest BCUT2D eigenvalue weighted by Gasteiger charge is 2.08. The van der Waals surface area contributed by atoms with Gasteiger partial charge in [-0.3, -0.25) is 0 Å². The van der Waals surface area contributed by atoms with E-state index in [0.29, 0.717) is 5.92 Å². The monoisotopic (exact) mass is 225 g/mol. The second-order valence-electron chi connectivity index (χ2n) is 4.57. The Balaban J connectivity index is 2.52. The van der Waals surface area contributed by atoms with E-state index in [9.17, 15) is 4.39 Å². The SMILES string of the molecule is CC(C)CCN[C@@H](C)c1ccc(O)c(F)c1. The van der Waals surface area contributed by atoms with Crippen molar-refractivity contribution in [2.45, 2.75) is 33.2 Å². The summed E-state index contributed by atoms with van der Waals surface area (Å²) in [6.45, 7) is 7.26. The van der Waals surface area contributed by atoms with Crippen molar-refractivity contribution in [3.8, 4) is 5.75 Å². The maximum absolute atomic E-state index is 13.1. The molecule has 0 saturated heterocycles. The number of halogens is 1. The Bertz CT molecular complexity index is 339. The van der Waals surface area contributed by atoms with Crippen LogP contribution in [-0.4, -0.2) is 11.7 Å². The first-order valence-electron chi connectivity index (χ1n) is 5.72. The first-order chi connectivity index (χ1) is 7.50. The van der Waals surface area contributed by atoms with E-state index in [1.54, 1.807) is 6.07 Å². The summed E-state index contributed by atoms with van der Waals surface area (Å²) in [7, 11) is 0. The molecular formula is C13H20FNO. The Morgan fingerprint density at radius 3 is 2.56 bits per heavy atom. The fourth-order valence-electron chi connectivity index (χ4n) is 1.50. The van der Waals surface area contributed by atoms with Crippen molar-refractivity contribution in [1.29, 1.82) is 0 Å². The van der Waals surface area contributed by atoms with Gasteiger partial charge in [0, 0.05) is 6.04 Å². The van der Waals surface area contributed by atoms with Crippen molar-refractivity contribution in [2.75, 3.05) is 6.54 Å². The number of phenolic OH excluding ortho intramolecular Hbond substituents is 1. The third-order valence-corrected chi connectivity index (χ3v) is 2.64. The first kappa shape index (κ1) is 13.0. The van der Waals surface area contributed by atoms with Gasteiger partial charge in [-0.15, -0.1) is 0 Å². The lowest BCUT2D eigenvalue weighted by Crippen LogP contribution is -2.21. The highest BCUT2D eigenvalue weighted by atomic mass is 19.1. The molecule has 1 rings (SSSR count). The molecule has 0 radical (unpaired) electrons. The zero-order valence-corrected chi connectivity index (χ0v) is 10.1. The van der Waals surface area contributed by atoms with Crippen LogP contribution in [0.5, 0.6) is 5.75 Å². The molecule has 0 saturated carbocycles. The molecule has 1 aromatic carbocycles. The summed E-state index contributed by atoms with van der Waals surface area (Å²) in [4.78, 5) is 0. The Labute approximate surface area is 96.5 Å². The van der Waals surface area contributed by atoms with Crippen LogP contribution >= 0.6 is 0 Å². The summed E-state index contributed by atoms with van der Waals surface area (Å²) in [6.07, 6.45) is 1.10. The lowest BCUT2D eigenvalue weighted by molar-refractivity contribution is 0.430. The van der Waals surface area contributed by atoms with E-state index < -0.39 is 5.82 Å². The third-order valence-electron chi connectivity index (χ3n) is 2.64. The number of phenols is 1. The van der Waals surface area contributed by atoms with Crippen LogP contribution in [-0.2, 0) is 0 Å². The lowest BCUT2D eigenvalue weighted by atomic mass is 10.1. The molecule has 0 spiro atoms. The molecule has 16 heavy (non-hydrogen) atoms. The topological polar surface area (TPSA) is 32.3 Å². The summed E-state index contributed by atoms with van der Waals surface area (Å²) < 4.78 is 13.1. The Hall–Kier alpha value is -1.09. The molecule has 0 aliphatic rings. The van der Waals surface area contributed by atoms with Gasteiger partial charge >= 0.3 is 0 Å². The number of benzene rings is 1. The molecule has 0 fully saturated rings. The highest BCUT2D eigenvalue weighted by Crippen LogP contribution is 2.20. The van der Waals surface area contributed by atoms with E-state index in [0.717, 1.165) is 18.5 Å². The molecule has 90 valence electrons. The first-order valence-corrected chi connectivity index (χ1v) is 5.72. The van der Waals surface area contributed by atoms with Crippen molar-refractivity contribution < 1.29 is 9.50 Å². The fourth-order valence-corrected chi connectivity index (χ4v) is 1.50. The molecule has 3 heteroatoms. The number of aromatic hydroxyl groups is 1. The minimum atomic E-state index is -0.560. The van der Waals surface area contributed by atoms with Crippen LogP contribution < -0.4 is 5.32 Å². The largest absolute Gasteiger partial charge is 0.505 e. The van der Waals surface area contributed by atoms with Crippen LogP contribution in [0, 0.1) is 11.7 Å². The minimum Gasteiger partial charge on any atom is -0.505 e. The lowest BCUT2D eigenvalue weighted by Gasteiger charge is -2.15. The van der Waals surface area contributed by atoms with E-state index >= 15 is 0 Å². The molecule has 0 aliphatic carbocycles. The average molecular weight is 225 g/mol. The van der Waals surface area contributed by atoms with E-state index in [1.807, 2.05) is 6.92 Å². The van der Waals surface area contributed by atoms with Gasteiger partial charge in [-0.1, -0.05) is 19.9 Å². The van der Waals surface area contributed by atoms with Crippen LogP contribution in [0.1, 0.15) is 38.8 Å². The van der Waals surface area contributed by atoms with Crippen molar-refractivity contribution in [3.05, 3.63) is 29.6 Å². The van der Waals surface area contributed by atoms with Gasteiger partial charge in [0.25, 0.3) is 0 Å². The molecule has 0 bridgehead atoms. The Kier molecular flexibility index (Phi) is 4.74. The number of hydrogen-bond donors (Lipinski definition) is 2. The molecule has 0 amide bonds. The fraction of sp³-hybridized carbons (Fsp3) is 0.538. The van der Waals surface area contributed by atoms with Crippen LogP contribution in [0.4, 0.5) is 4.39 Å². The van der Waals surface area contributed by atoms with E-state index in [1.165, 1.54) is 12.1 Å². The van der Waals surface area contributed by atoms with Crippen LogP contribution in [0.2, 0.25) is 0 Å². The van der Waals surface area contributed by atoms with Crippen molar-refractivity contribution in [2.24, 2.45) is 5.92 Å². The van der Waals surface area contributed by atoms with Gasteiger partial charge in [0.1, 0.15) is 0 Å². The second kappa shape index (κ2) is 5.85. The zero-order chi connectivity index (χ0) is 12.1. The van der Waals surface area contributed by atoms with Crippen LogP contribution in [0.25, 0.3) is 0 Å². The van der Waals surface area contributed by atoms with Gasteiger partial charge in [-0.2, -0.15) is 0 Å². The van der Waals surface area contributed by atoms with Gasteiger partial charge in [-0.05, 0) is 43.5 Å². The van der Waals surface area contributed by atoms with Crippen molar-refractivity contribution >= 4 is 0 Å². The van der Waals surface area contributed by atoms with Gasteiger partial charge in [0.15, 0.2) is 11.6 Å². The van der Waals surface area contributed by atoms with Crippen molar-refractivity contribution in [3.63, 3.8) is 0 Å². The molecule has 0 unspecified atom stereocenters. The summed E-state index contributed by atoms with van der Waals surface area (Å²) >= 11 is 0. The molecule has 2 N–H and O–H groups in total. The molecule has 1 atom stereocenters. The Morgan fingerprint density at radius 2 is 2.00 bits per heavy atom. The zero-order valence-electron chi connectivity index (χ0n) is 10.1.